The van der Waals surface area contributed by atoms with Crippen molar-refractivity contribution in [2.45, 2.75) is 33.4 Å². The number of aromatic nitrogens is 1. The number of methoxy groups -OCH3 is 1. The molecule has 1 amide bonds. The first-order valence-corrected chi connectivity index (χ1v) is 10.6. The molecule has 0 atom stereocenters. The second-order valence-corrected chi connectivity index (χ2v) is 8.16. The zero-order valence-corrected chi connectivity index (χ0v) is 19.4. The summed E-state index contributed by atoms with van der Waals surface area (Å²) < 4.78 is 18.1. The van der Waals surface area contributed by atoms with Crippen molar-refractivity contribution in [1.82, 2.24) is 9.47 Å². The lowest BCUT2D eigenvalue weighted by molar-refractivity contribution is -0.135. The van der Waals surface area contributed by atoms with Gasteiger partial charge in [0.25, 0.3) is 5.56 Å². The molecule has 0 aliphatic rings. The Morgan fingerprint density at radius 2 is 1.94 bits per heavy atom. The van der Waals surface area contributed by atoms with Gasteiger partial charge in [-0.25, -0.2) is 4.79 Å². The molecule has 0 radical (unpaired) electrons. The number of ether oxygens (including phenoxy) is 3. The van der Waals surface area contributed by atoms with E-state index >= 15 is 0 Å². The Hall–Kier alpha value is -3.07. The van der Waals surface area contributed by atoms with E-state index in [-0.39, 0.29) is 30.7 Å². The smallest absolute Gasteiger partial charge is 0.333 e. The fourth-order valence-corrected chi connectivity index (χ4v) is 3.66. The minimum Gasteiger partial charge on any atom is -0.493 e. The van der Waals surface area contributed by atoms with Gasteiger partial charge in [0.2, 0.25) is 5.91 Å². The van der Waals surface area contributed by atoms with Gasteiger partial charge in [-0.1, -0.05) is 6.07 Å². The minimum absolute atomic E-state index is 0.0107. The van der Waals surface area contributed by atoms with Gasteiger partial charge in [-0.3, -0.25) is 14.2 Å². The van der Waals surface area contributed by atoms with E-state index < -0.39 is 5.97 Å². The number of hydrogen-bond acceptors (Lipinski definition) is 7. The van der Waals surface area contributed by atoms with Crippen LogP contribution in [0.1, 0.15) is 26.3 Å². The fraction of sp³-hybridized carbons (Fsp3) is 0.409. The lowest BCUT2D eigenvalue weighted by Gasteiger charge is -2.13. The highest BCUT2D eigenvalue weighted by molar-refractivity contribution is 7.07. The molecule has 0 aliphatic heterocycles. The first kappa shape index (κ1) is 24.2. The van der Waals surface area contributed by atoms with Gasteiger partial charge in [0.15, 0.2) is 11.5 Å². The SMILES string of the molecule is CCOC(=O)C=c1sc(=Cc2ccc(OC(C)C)c(OC)c2)c(=O)n1CC(=O)N(C)C. The minimum atomic E-state index is -0.571. The highest BCUT2D eigenvalue weighted by Gasteiger charge is 2.13. The number of nitrogens with zero attached hydrogens (tertiary/aromatic N) is 2. The van der Waals surface area contributed by atoms with Crippen molar-refractivity contribution in [3.63, 3.8) is 0 Å². The molecule has 0 saturated carbocycles. The molecular formula is C22H28N2O6S. The summed E-state index contributed by atoms with van der Waals surface area (Å²) in [7, 11) is 4.76. The molecule has 0 spiro atoms. The van der Waals surface area contributed by atoms with Gasteiger partial charge in [0.1, 0.15) is 11.2 Å². The van der Waals surface area contributed by atoms with Gasteiger partial charge < -0.3 is 19.1 Å². The van der Waals surface area contributed by atoms with Crippen molar-refractivity contribution in [2.24, 2.45) is 0 Å². The van der Waals surface area contributed by atoms with Crippen LogP contribution in [0.15, 0.2) is 23.0 Å². The molecule has 0 fully saturated rings. The van der Waals surface area contributed by atoms with Gasteiger partial charge in [-0.15, -0.1) is 11.3 Å². The molecule has 168 valence electrons. The highest BCUT2D eigenvalue weighted by Crippen LogP contribution is 2.29. The predicted molar refractivity (Wildman–Crippen MR) is 120 cm³/mol. The van der Waals surface area contributed by atoms with E-state index in [1.54, 1.807) is 46.3 Å². The van der Waals surface area contributed by atoms with Crippen molar-refractivity contribution >= 4 is 35.4 Å². The Kier molecular flexibility index (Phi) is 8.44. The van der Waals surface area contributed by atoms with Crippen molar-refractivity contribution in [1.29, 1.82) is 0 Å². The molecule has 2 rings (SSSR count). The summed E-state index contributed by atoms with van der Waals surface area (Å²) in [5, 5.41) is 0. The van der Waals surface area contributed by atoms with Gasteiger partial charge >= 0.3 is 5.97 Å². The Balaban J connectivity index is 2.59. The van der Waals surface area contributed by atoms with Gasteiger partial charge in [-0.05, 0) is 44.5 Å². The van der Waals surface area contributed by atoms with Crippen LogP contribution >= 0.6 is 11.3 Å². The number of hydrogen-bond donors (Lipinski definition) is 0. The third kappa shape index (κ3) is 6.45. The summed E-state index contributed by atoms with van der Waals surface area (Å²) in [4.78, 5) is 38.5. The quantitative estimate of drug-likeness (QED) is 0.560. The van der Waals surface area contributed by atoms with Crippen molar-refractivity contribution in [2.75, 3.05) is 27.8 Å². The summed E-state index contributed by atoms with van der Waals surface area (Å²) in [6.45, 7) is 5.58. The van der Waals surface area contributed by atoms with Crippen LogP contribution < -0.4 is 24.2 Å². The number of benzene rings is 1. The number of thiazole rings is 1. The third-order valence-corrected chi connectivity index (χ3v) is 5.16. The molecule has 0 saturated heterocycles. The van der Waals surface area contributed by atoms with E-state index in [2.05, 4.69) is 0 Å². The van der Waals surface area contributed by atoms with E-state index in [0.29, 0.717) is 20.7 Å². The second kappa shape index (κ2) is 10.8. The van der Waals surface area contributed by atoms with E-state index in [1.807, 2.05) is 19.9 Å². The maximum Gasteiger partial charge on any atom is 0.333 e. The van der Waals surface area contributed by atoms with E-state index in [0.717, 1.165) is 16.9 Å². The molecule has 31 heavy (non-hydrogen) atoms. The lowest BCUT2D eigenvalue weighted by atomic mass is 10.2. The molecular weight excluding hydrogens is 420 g/mol. The number of carbonyl (C=O) groups excluding carboxylic acids is 2. The normalized spacial score (nSPS) is 12.2. The fourth-order valence-electron chi connectivity index (χ4n) is 2.63. The lowest BCUT2D eigenvalue weighted by Crippen LogP contribution is -2.38. The second-order valence-electron chi connectivity index (χ2n) is 7.10. The summed E-state index contributed by atoms with van der Waals surface area (Å²) in [5.74, 6) is 0.312. The van der Waals surface area contributed by atoms with Crippen LogP contribution in [0, 0.1) is 0 Å². The summed E-state index contributed by atoms with van der Waals surface area (Å²) in [6.07, 6.45) is 2.91. The highest BCUT2D eigenvalue weighted by atomic mass is 32.1. The molecule has 1 heterocycles. The first-order chi connectivity index (χ1) is 14.7. The van der Waals surface area contributed by atoms with Crippen LogP contribution in [-0.2, 0) is 20.9 Å². The van der Waals surface area contributed by atoms with Crippen LogP contribution in [0.3, 0.4) is 0 Å². The van der Waals surface area contributed by atoms with Gasteiger partial charge in [0, 0.05) is 14.1 Å². The third-order valence-electron chi connectivity index (χ3n) is 4.10. The van der Waals surface area contributed by atoms with Crippen molar-refractivity contribution in [3.8, 4) is 11.5 Å². The molecule has 0 unspecified atom stereocenters. The molecule has 8 nitrogen and oxygen atoms in total. The zero-order valence-electron chi connectivity index (χ0n) is 18.6. The summed E-state index contributed by atoms with van der Waals surface area (Å²) >= 11 is 1.11. The Bertz CT molecular complexity index is 1110. The predicted octanol–water partition coefficient (Wildman–Crippen LogP) is 0.966. The van der Waals surface area contributed by atoms with Gasteiger partial charge in [-0.2, -0.15) is 0 Å². The molecule has 1 aromatic carbocycles. The van der Waals surface area contributed by atoms with E-state index in [1.165, 1.54) is 15.5 Å². The van der Waals surface area contributed by atoms with E-state index in [9.17, 15) is 14.4 Å². The Morgan fingerprint density at radius 1 is 1.23 bits per heavy atom. The monoisotopic (exact) mass is 448 g/mol. The molecule has 0 aliphatic carbocycles. The Labute approximate surface area is 185 Å². The average Bonchev–Trinajstić information content (AvgIpc) is 2.97. The van der Waals surface area contributed by atoms with Crippen LogP contribution in [-0.4, -0.2) is 55.3 Å². The average molecular weight is 449 g/mol. The van der Waals surface area contributed by atoms with Crippen molar-refractivity contribution < 1.29 is 23.8 Å². The van der Waals surface area contributed by atoms with Crippen LogP contribution in [0.5, 0.6) is 11.5 Å². The topological polar surface area (TPSA) is 87.1 Å². The summed E-state index contributed by atoms with van der Waals surface area (Å²) in [6, 6.07) is 5.35. The standard InChI is InChI=1S/C22H28N2O6S/c1-7-29-21(26)12-20-24(13-19(25)23(4)5)22(27)18(31-20)11-15-8-9-16(30-14(2)3)17(10-15)28-6/h8-12,14H,7,13H2,1-6H3. The van der Waals surface area contributed by atoms with Crippen LogP contribution in [0.25, 0.3) is 12.2 Å². The molecule has 1 aromatic heterocycles. The van der Waals surface area contributed by atoms with Crippen LogP contribution in [0.2, 0.25) is 0 Å². The Morgan fingerprint density at radius 3 is 2.52 bits per heavy atom. The molecule has 9 heteroatoms. The first-order valence-electron chi connectivity index (χ1n) is 9.81. The number of carbonyl (C=O) groups is 2. The maximum absolute atomic E-state index is 13.0. The number of esters is 1. The largest absolute Gasteiger partial charge is 0.493 e. The maximum atomic E-state index is 13.0. The number of rotatable bonds is 8. The number of likely N-dealkylation sites (N-methyl/N-ethyl adjacent to an activating group) is 1. The summed E-state index contributed by atoms with van der Waals surface area (Å²) in [5.41, 5.74) is 0.359. The van der Waals surface area contributed by atoms with Crippen LogP contribution in [0.4, 0.5) is 0 Å². The molecule has 0 bridgehead atoms. The van der Waals surface area contributed by atoms with Gasteiger partial charge in [0.05, 0.1) is 30.4 Å². The van der Waals surface area contributed by atoms with Crippen molar-refractivity contribution in [3.05, 3.63) is 43.3 Å². The zero-order chi connectivity index (χ0) is 23.1. The number of amides is 1. The van der Waals surface area contributed by atoms with E-state index in [4.69, 9.17) is 14.2 Å². The molecule has 2 aromatic rings. The molecule has 0 N–H and O–H groups in total.